The zero-order valence-electron chi connectivity index (χ0n) is 13.0. The molecule has 2 atom stereocenters. The Morgan fingerprint density at radius 1 is 1.48 bits per heavy atom. The van der Waals surface area contributed by atoms with E-state index >= 15 is 0 Å². The second-order valence-corrected chi connectivity index (χ2v) is 5.96. The van der Waals surface area contributed by atoms with Crippen LogP contribution < -0.4 is 10.5 Å². The van der Waals surface area contributed by atoms with Crippen LogP contribution in [0.3, 0.4) is 0 Å². The second-order valence-electron chi connectivity index (χ2n) is 5.96. The van der Waals surface area contributed by atoms with Crippen molar-refractivity contribution in [2.45, 2.75) is 32.7 Å². The lowest BCUT2D eigenvalue weighted by Crippen LogP contribution is -2.43. The van der Waals surface area contributed by atoms with Crippen LogP contribution in [-0.4, -0.2) is 43.0 Å². The number of para-hydroxylation sites is 1. The molecule has 2 N–H and O–H groups in total. The van der Waals surface area contributed by atoms with Crippen molar-refractivity contribution in [1.82, 2.24) is 4.90 Å². The van der Waals surface area contributed by atoms with E-state index in [0.717, 1.165) is 19.6 Å². The van der Waals surface area contributed by atoms with Gasteiger partial charge in [0.05, 0.1) is 5.56 Å². The molecule has 116 valence electrons. The third-order valence-electron chi connectivity index (χ3n) is 4.22. The standard InChI is InChI=1S/C17H26N2O2/c1-13(18)15-6-5-9-19(12-15)10-11-21-17-8-4-3-7-16(17)14(2)20/h3-4,7-8,13,15H,5-6,9-12,18H2,1-2H3. The van der Waals surface area contributed by atoms with E-state index in [0.29, 0.717) is 23.8 Å². The van der Waals surface area contributed by atoms with Crippen molar-refractivity contribution in [2.24, 2.45) is 11.7 Å². The Balaban J connectivity index is 1.83. The maximum Gasteiger partial charge on any atom is 0.163 e. The maximum absolute atomic E-state index is 11.5. The monoisotopic (exact) mass is 290 g/mol. The summed E-state index contributed by atoms with van der Waals surface area (Å²) in [6.45, 7) is 7.32. The van der Waals surface area contributed by atoms with Gasteiger partial charge in [-0.25, -0.2) is 0 Å². The van der Waals surface area contributed by atoms with E-state index in [1.807, 2.05) is 24.3 Å². The number of nitrogens with zero attached hydrogens (tertiary/aromatic N) is 1. The fraction of sp³-hybridized carbons (Fsp3) is 0.588. The Kier molecular flexibility index (Phi) is 5.76. The van der Waals surface area contributed by atoms with Crippen molar-refractivity contribution in [3.8, 4) is 5.75 Å². The van der Waals surface area contributed by atoms with Crippen LogP contribution >= 0.6 is 0 Å². The van der Waals surface area contributed by atoms with Gasteiger partial charge in [0, 0.05) is 19.1 Å². The lowest BCUT2D eigenvalue weighted by atomic mass is 9.92. The predicted octanol–water partition coefficient (Wildman–Crippen LogP) is 2.33. The normalized spacial score (nSPS) is 21.0. The molecule has 0 spiro atoms. The number of piperidine rings is 1. The molecule has 1 saturated heterocycles. The number of hydrogen-bond acceptors (Lipinski definition) is 4. The molecule has 2 rings (SSSR count). The zero-order chi connectivity index (χ0) is 15.2. The molecule has 0 saturated carbocycles. The van der Waals surface area contributed by atoms with Crippen molar-refractivity contribution in [2.75, 3.05) is 26.2 Å². The maximum atomic E-state index is 11.5. The van der Waals surface area contributed by atoms with Gasteiger partial charge in [-0.1, -0.05) is 12.1 Å². The first-order chi connectivity index (χ1) is 10.1. The summed E-state index contributed by atoms with van der Waals surface area (Å²) in [5.74, 6) is 1.31. The molecule has 21 heavy (non-hydrogen) atoms. The van der Waals surface area contributed by atoms with Crippen molar-refractivity contribution in [3.63, 3.8) is 0 Å². The molecule has 0 radical (unpaired) electrons. The molecule has 0 aliphatic carbocycles. The number of carbonyl (C=O) groups is 1. The number of Topliss-reactive ketones (excluding diaryl/α,β-unsaturated/α-hetero) is 1. The summed E-state index contributed by atoms with van der Waals surface area (Å²) in [6, 6.07) is 7.69. The van der Waals surface area contributed by atoms with Crippen LogP contribution in [0.25, 0.3) is 0 Å². The van der Waals surface area contributed by atoms with Gasteiger partial charge in [-0.3, -0.25) is 9.69 Å². The minimum atomic E-state index is 0.0422. The van der Waals surface area contributed by atoms with Gasteiger partial charge in [0.1, 0.15) is 12.4 Å². The summed E-state index contributed by atoms with van der Waals surface area (Å²) in [7, 11) is 0. The third kappa shape index (κ3) is 4.55. The van der Waals surface area contributed by atoms with E-state index in [-0.39, 0.29) is 11.8 Å². The quantitative estimate of drug-likeness (QED) is 0.817. The van der Waals surface area contributed by atoms with E-state index in [1.165, 1.54) is 12.8 Å². The SMILES string of the molecule is CC(=O)c1ccccc1OCCN1CCCC(C(C)N)C1. The van der Waals surface area contributed by atoms with Crippen LogP contribution in [0.4, 0.5) is 0 Å². The average Bonchev–Trinajstić information content (AvgIpc) is 2.48. The molecule has 1 aliphatic heterocycles. The highest BCUT2D eigenvalue weighted by molar-refractivity contribution is 5.96. The van der Waals surface area contributed by atoms with E-state index in [2.05, 4.69) is 11.8 Å². The fourth-order valence-electron chi connectivity index (χ4n) is 2.89. The van der Waals surface area contributed by atoms with Crippen molar-refractivity contribution in [3.05, 3.63) is 29.8 Å². The predicted molar refractivity (Wildman–Crippen MR) is 84.8 cm³/mol. The Hall–Kier alpha value is -1.39. The summed E-state index contributed by atoms with van der Waals surface area (Å²) < 4.78 is 5.80. The first-order valence-corrected chi connectivity index (χ1v) is 7.78. The first-order valence-electron chi connectivity index (χ1n) is 7.78. The average molecular weight is 290 g/mol. The molecule has 2 unspecified atom stereocenters. The number of ketones is 1. The van der Waals surface area contributed by atoms with Crippen LogP contribution in [0, 0.1) is 5.92 Å². The molecule has 0 aromatic heterocycles. The summed E-state index contributed by atoms with van der Waals surface area (Å²) >= 11 is 0. The van der Waals surface area contributed by atoms with E-state index in [4.69, 9.17) is 10.5 Å². The fourth-order valence-corrected chi connectivity index (χ4v) is 2.89. The number of nitrogens with two attached hydrogens (primary N) is 1. The number of likely N-dealkylation sites (tertiary alicyclic amines) is 1. The largest absolute Gasteiger partial charge is 0.491 e. The number of carbonyl (C=O) groups excluding carboxylic acids is 1. The molecule has 1 aromatic carbocycles. The molecule has 1 heterocycles. The smallest absolute Gasteiger partial charge is 0.163 e. The Bertz CT molecular complexity index is 474. The topological polar surface area (TPSA) is 55.6 Å². The number of benzene rings is 1. The minimum absolute atomic E-state index is 0.0422. The molecule has 1 aromatic rings. The van der Waals surface area contributed by atoms with Gasteiger partial charge in [0.2, 0.25) is 0 Å². The lowest BCUT2D eigenvalue weighted by molar-refractivity contribution is 0.101. The molecule has 1 fully saturated rings. The highest BCUT2D eigenvalue weighted by Gasteiger charge is 2.22. The van der Waals surface area contributed by atoms with Crippen LogP contribution in [0.5, 0.6) is 5.75 Å². The second kappa shape index (κ2) is 7.57. The van der Waals surface area contributed by atoms with E-state index < -0.39 is 0 Å². The van der Waals surface area contributed by atoms with Crippen LogP contribution in [0.1, 0.15) is 37.0 Å². The van der Waals surface area contributed by atoms with Gasteiger partial charge in [-0.2, -0.15) is 0 Å². The van der Waals surface area contributed by atoms with Crippen molar-refractivity contribution < 1.29 is 9.53 Å². The van der Waals surface area contributed by atoms with Gasteiger partial charge >= 0.3 is 0 Å². The summed E-state index contributed by atoms with van der Waals surface area (Å²) in [5, 5.41) is 0. The molecule has 0 bridgehead atoms. The summed E-state index contributed by atoms with van der Waals surface area (Å²) in [4.78, 5) is 14.0. The Morgan fingerprint density at radius 3 is 2.95 bits per heavy atom. The molecule has 0 amide bonds. The number of hydrogen-bond donors (Lipinski definition) is 1. The first kappa shape index (κ1) is 16.0. The minimum Gasteiger partial charge on any atom is -0.491 e. The number of rotatable bonds is 6. The molecular formula is C17H26N2O2. The van der Waals surface area contributed by atoms with Gasteiger partial charge < -0.3 is 10.5 Å². The van der Waals surface area contributed by atoms with Crippen LogP contribution in [0.15, 0.2) is 24.3 Å². The van der Waals surface area contributed by atoms with Crippen molar-refractivity contribution >= 4 is 5.78 Å². The van der Waals surface area contributed by atoms with Gasteiger partial charge in [-0.05, 0) is 51.3 Å². The third-order valence-corrected chi connectivity index (χ3v) is 4.22. The van der Waals surface area contributed by atoms with Crippen LogP contribution in [0.2, 0.25) is 0 Å². The lowest BCUT2D eigenvalue weighted by Gasteiger charge is -2.34. The summed E-state index contributed by atoms with van der Waals surface area (Å²) in [5.41, 5.74) is 6.66. The van der Waals surface area contributed by atoms with E-state index in [1.54, 1.807) is 6.92 Å². The van der Waals surface area contributed by atoms with Crippen molar-refractivity contribution in [1.29, 1.82) is 0 Å². The van der Waals surface area contributed by atoms with Gasteiger partial charge in [0.15, 0.2) is 5.78 Å². The molecule has 4 heteroatoms. The van der Waals surface area contributed by atoms with Gasteiger partial charge in [0.25, 0.3) is 0 Å². The van der Waals surface area contributed by atoms with E-state index in [9.17, 15) is 4.79 Å². The van der Waals surface area contributed by atoms with Gasteiger partial charge in [-0.15, -0.1) is 0 Å². The molecule has 1 aliphatic rings. The summed E-state index contributed by atoms with van der Waals surface area (Å²) in [6.07, 6.45) is 2.43. The molecule has 4 nitrogen and oxygen atoms in total. The Morgan fingerprint density at radius 2 is 2.24 bits per heavy atom. The zero-order valence-corrected chi connectivity index (χ0v) is 13.0. The highest BCUT2D eigenvalue weighted by Crippen LogP contribution is 2.20. The molecular weight excluding hydrogens is 264 g/mol. The highest BCUT2D eigenvalue weighted by atomic mass is 16.5. The number of ether oxygens (including phenoxy) is 1. The van der Waals surface area contributed by atoms with Crippen LogP contribution in [-0.2, 0) is 0 Å². The Labute approximate surface area is 127 Å².